The van der Waals surface area contributed by atoms with Crippen molar-refractivity contribution < 1.29 is 18.7 Å². The SMILES string of the molecule is COc1ccc(CN2CC[C@H](C(=O)c3ccc(OC)cc3)[C@H]2c2ccc(F)cc2)cc1. The van der Waals surface area contributed by atoms with E-state index >= 15 is 0 Å². The number of Topliss-reactive ketones (excluding diaryl/α,β-unsaturated/α-hetero) is 1. The van der Waals surface area contributed by atoms with E-state index in [0.29, 0.717) is 12.1 Å². The molecule has 0 saturated carbocycles. The van der Waals surface area contributed by atoms with Crippen molar-refractivity contribution in [3.63, 3.8) is 0 Å². The number of methoxy groups -OCH3 is 2. The van der Waals surface area contributed by atoms with Gasteiger partial charge in [-0.3, -0.25) is 9.69 Å². The maximum absolute atomic E-state index is 13.6. The van der Waals surface area contributed by atoms with Gasteiger partial charge >= 0.3 is 0 Å². The third-order valence-electron chi connectivity index (χ3n) is 5.97. The van der Waals surface area contributed by atoms with Crippen LogP contribution in [0.4, 0.5) is 4.39 Å². The number of ether oxygens (including phenoxy) is 2. The molecule has 3 aromatic rings. The van der Waals surface area contributed by atoms with E-state index in [0.717, 1.165) is 35.6 Å². The zero-order valence-corrected chi connectivity index (χ0v) is 17.8. The molecule has 160 valence electrons. The average molecular weight is 419 g/mol. The Morgan fingerprint density at radius 3 is 2.06 bits per heavy atom. The molecule has 4 nitrogen and oxygen atoms in total. The molecule has 0 unspecified atom stereocenters. The highest BCUT2D eigenvalue weighted by atomic mass is 19.1. The second-order valence-corrected chi connectivity index (χ2v) is 7.80. The number of carbonyl (C=O) groups is 1. The lowest BCUT2D eigenvalue weighted by atomic mass is 9.87. The first-order chi connectivity index (χ1) is 15.1. The second-order valence-electron chi connectivity index (χ2n) is 7.80. The Kier molecular flexibility index (Phi) is 6.33. The second kappa shape index (κ2) is 9.31. The van der Waals surface area contributed by atoms with Gasteiger partial charge in [-0.25, -0.2) is 4.39 Å². The number of rotatable bonds is 7. The minimum absolute atomic E-state index is 0.106. The maximum Gasteiger partial charge on any atom is 0.167 e. The van der Waals surface area contributed by atoms with E-state index in [9.17, 15) is 9.18 Å². The minimum Gasteiger partial charge on any atom is -0.497 e. The van der Waals surface area contributed by atoms with Crippen LogP contribution in [0, 0.1) is 11.7 Å². The van der Waals surface area contributed by atoms with E-state index in [-0.39, 0.29) is 23.6 Å². The third-order valence-corrected chi connectivity index (χ3v) is 5.97. The maximum atomic E-state index is 13.6. The lowest BCUT2D eigenvalue weighted by Gasteiger charge is -2.28. The van der Waals surface area contributed by atoms with Gasteiger partial charge in [-0.05, 0) is 72.6 Å². The quantitative estimate of drug-likeness (QED) is 0.488. The Bertz CT molecular complexity index is 1020. The molecule has 0 aliphatic carbocycles. The monoisotopic (exact) mass is 419 g/mol. The van der Waals surface area contributed by atoms with E-state index in [1.54, 1.807) is 26.4 Å². The molecule has 1 fully saturated rings. The molecule has 3 aromatic carbocycles. The first-order valence-corrected chi connectivity index (χ1v) is 10.4. The van der Waals surface area contributed by atoms with Crippen molar-refractivity contribution in [2.24, 2.45) is 5.92 Å². The van der Waals surface area contributed by atoms with Crippen LogP contribution in [0.15, 0.2) is 72.8 Å². The van der Waals surface area contributed by atoms with Gasteiger partial charge in [0.15, 0.2) is 5.78 Å². The summed E-state index contributed by atoms with van der Waals surface area (Å²) in [6.45, 7) is 1.50. The number of nitrogens with zero attached hydrogens (tertiary/aromatic N) is 1. The van der Waals surface area contributed by atoms with Gasteiger partial charge in [-0.2, -0.15) is 0 Å². The van der Waals surface area contributed by atoms with Crippen LogP contribution in [0.3, 0.4) is 0 Å². The van der Waals surface area contributed by atoms with Crippen molar-refractivity contribution in [1.82, 2.24) is 4.90 Å². The molecule has 2 atom stereocenters. The van der Waals surface area contributed by atoms with Gasteiger partial charge in [0.2, 0.25) is 0 Å². The fourth-order valence-electron chi connectivity index (χ4n) is 4.35. The van der Waals surface area contributed by atoms with Gasteiger partial charge in [-0.15, -0.1) is 0 Å². The highest BCUT2D eigenvalue weighted by Crippen LogP contribution is 2.40. The van der Waals surface area contributed by atoms with Gasteiger partial charge in [0.25, 0.3) is 0 Å². The average Bonchev–Trinajstić information content (AvgIpc) is 3.23. The largest absolute Gasteiger partial charge is 0.497 e. The lowest BCUT2D eigenvalue weighted by Crippen LogP contribution is -2.28. The molecule has 0 aromatic heterocycles. The van der Waals surface area contributed by atoms with E-state index in [2.05, 4.69) is 4.90 Å². The minimum atomic E-state index is -0.276. The van der Waals surface area contributed by atoms with E-state index in [4.69, 9.17) is 9.47 Å². The van der Waals surface area contributed by atoms with E-state index in [1.807, 2.05) is 48.5 Å². The fourth-order valence-corrected chi connectivity index (χ4v) is 4.35. The van der Waals surface area contributed by atoms with Crippen LogP contribution in [0.25, 0.3) is 0 Å². The van der Waals surface area contributed by atoms with Crippen LogP contribution in [0.5, 0.6) is 11.5 Å². The fraction of sp³-hybridized carbons (Fsp3) is 0.269. The Balaban J connectivity index is 1.62. The summed E-state index contributed by atoms with van der Waals surface area (Å²) < 4.78 is 24.0. The first kappa shape index (κ1) is 21.1. The van der Waals surface area contributed by atoms with E-state index in [1.165, 1.54) is 12.1 Å². The number of benzene rings is 3. The summed E-state index contributed by atoms with van der Waals surface area (Å²) in [5.74, 6) is 1.17. The van der Waals surface area contributed by atoms with Crippen molar-refractivity contribution in [3.8, 4) is 11.5 Å². The van der Waals surface area contributed by atoms with Crippen LogP contribution in [-0.4, -0.2) is 31.4 Å². The molecule has 0 amide bonds. The molecule has 1 aliphatic heterocycles. The Morgan fingerprint density at radius 1 is 0.903 bits per heavy atom. The summed E-state index contributed by atoms with van der Waals surface area (Å²) in [7, 11) is 3.25. The normalized spacial score (nSPS) is 18.7. The molecule has 4 rings (SSSR count). The smallest absolute Gasteiger partial charge is 0.167 e. The summed E-state index contributed by atoms with van der Waals surface area (Å²) in [6.07, 6.45) is 0.753. The van der Waals surface area contributed by atoms with Crippen LogP contribution in [-0.2, 0) is 6.54 Å². The summed E-state index contributed by atoms with van der Waals surface area (Å²) in [5.41, 5.74) is 2.77. The summed E-state index contributed by atoms with van der Waals surface area (Å²) in [4.78, 5) is 15.7. The van der Waals surface area contributed by atoms with Gasteiger partial charge in [-0.1, -0.05) is 24.3 Å². The van der Waals surface area contributed by atoms with Crippen molar-refractivity contribution in [2.75, 3.05) is 20.8 Å². The van der Waals surface area contributed by atoms with E-state index < -0.39 is 0 Å². The van der Waals surface area contributed by atoms with Crippen molar-refractivity contribution >= 4 is 5.78 Å². The lowest BCUT2D eigenvalue weighted by molar-refractivity contribution is 0.0878. The number of hydrogen-bond donors (Lipinski definition) is 0. The molecule has 1 aliphatic rings. The predicted octanol–water partition coefficient (Wildman–Crippen LogP) is 5.29. The number of ketones is 1. The zero-order valence-electron chi connectivity index (χ0n) is 17.8. The van der Waals surface area contributed by atoms with Crippen LogP contribution < -0.4 is 9.47 Å². The first-order valence-electron chi connectivity index (χ1n) is 10.4. The third kappa shape index (κ3) is 4.62. The van der Waals surface area contributed by atoms with Crippen molar-refractivity contribution in [3.05, 3.63) is 95.3 Å². The molecular weight excluding hydrogens is 393 g/mol. The zero-order chi connectivity index (χ0) is 21.8. The summed E-state index contributed by atoms with van der Waals surface area (Å²) >= 11 is 0. The molecular formula is C26H26FNO3. The number of likely N-dealkylation sites (tertiary alicyclic amines) is 1. The molecule has 0 radical (unpaired) electrons. The van der Waals surface area contributed by atoms with Crippen LogP contribution in [0.1, 0.15) is 33.9 Å². The Labute approximate surface area is 182 Å². The van der Waals surface area contributed by atoms with Crippen LogP contribution in [0.2, 0.25) is 0 Å². The number of halogens is 1. The van der Waals surface area contributed by atoms with Crippen molar-refractivity contribution in [1.29, 1.82) is 0 Å². The van der Waals surface area contributed by atoms with Gasteiger partial charge in [0.05, 0.1) is 14.2 Å². The molecule has 0 spiro atoms. The Hall–Kier alpha value is -3.18. The van der Waals surface area contributed by atoms with Crippen LogP contribution >= 0.6 is 0 Å². The predicted molar refractivity (Wildman–Crippen MR) is 118 cm³/mol. The molecule has 0 bridgehead atoms. The Morgan fingerprint density at radius 2 is 1.48 bits per heavy atom. The number of hydrogen-bond acceptors (Lipinski definition) is 4. The van der Waals surface area contributed by atoms with Crippen molar-refractivity contribution in [2.45, 2.75) is 19.0 Å². The standard InChI is InChI=1S/C26H26FNO3/c1-30-22-11-3-18(4-12-22)17-28-16-15-24(25(28)19-5-9-21(27)10-6-19)26(29)20-7-13-23(31-2)14-8-20/h3-14,24-25H,15-17H2,1-2H3/t24-,25+/m0/s1. The summed E-state index contributed by atoms with van der Waals surface area (Å²) in [5, 5.41) is 0. The molecule has 5 heteroatoms. The highest BCUT2D eigenvalue weighted by molar-refractivity contribution is 5.98. The molecule has 1 saturated heterocycles. The van der Waals surface area contributed by atoms with Gasteiger partial charge < -0.3 is 9.47 Å². The van der Waals surface area contributed by atoms with Gasteiger partial charge in [0.1, 0.15) is 17.3 Å². The summed E-state index contributed by atoms with van der Waals surface area (Å²) in [6, 6.07) is 21.6. The highest BCUT2D eigenvalue weighted by Gasteiger charge is 2.39. The topological polar surface area (TPSA) is 38.8 Å². The van der Waals surface area contributed by atoms with Gasteiger partial charge in [0, 0.05) is 24.1 Å². The molecule has 0 N–H and O–H groups in total. The number of carbonyl (C=O) groups excluding carboxylic acids is 1. The molecule has 31 heavy (non-hydrogen) atoms. The molecule has 1 heterocycles.